The van der Waals surface area contributed by atoms with Crippen LogP contribution >= 0.6 is 0 Å². The summed E-state index contributed by atoms with van der Waals surface area (Å²) in [5.74, 6) is -0.427. The lowest BCUT2D eigenvalue weighted by molar-refractivity contribution is 0.0693. The molecule has 1 heterocycles. The quantitative estimate of drug-likeness (QED) is 0.907. The van der Waals surface area contributed by atoms with Crippen LogP contribution in [0, 0.1) is 6.92 Å². The molecule has 0 radical (unpaired) electrons. The Morgan fingerprint density at radius 2 is 2.00 bits per heavy atom. The summed E-state index contributed by atoms with van der Waals surface area (Å²) < 4.78 is 5.63. The number of pyridine rings is 1. The summed E-state index contributed by atoms with van der Waals surface area (Å²) in [6, 6.07) is 10.8. The minimum absolute atomic E-state index is 0.210. The summed E-state index contributed by atoms with van der Waals surface area (Å²) in [4.78, 5) is 15.5. The predicted molar refractivity (Wildman–Crippen MR) is 76.1 cm³/mol. The monoisotopic (exact) mass is 271 g/mol. The third-order valence-electron chi connectivity index (χ3n) is 3.11. The molecule has 4 nitrogen and oxygen atoms in total. The van der Waals surface area contributed by atoms with E-state index in [-0.39, 0.29) is 12.2 Å². The standard InChI is InChI=1S/C16H17NO3/c1-3-12-7-5-8-13(16(18)19)14(12)10-20-15-9-4-6-11(2)17-15/h4-9H,3,10H2,1-2H3,(H,18,19). The molecule has 0 bridgehead atoms. The van der Waals surface area contributed by atoms with Crippen LogP contribution in [0.1, 0.15) is 34.1 Å². The lowest BCUT2D eigenvalue weighted by Gasteiger charge is -2.12. The van der Waals surface area contributed by atoms with Crippen molar-refractivity contribution in [3.8, 4) is 5.88 Å². The topological polar surface area (TPSA) is 59.4 Å². The van der Waals surface area contributed by atoms with Crippen LogP contribution in [0.5, 0.6) is 5.88 Å². The molecular formula is C16H17NO3. The van der Waals surface area contributed by atoms with Gasteiger partial charge in [-0.05, 0) is 31.0 Å². The van der Waals surface area contributed by atoms with Gasteiger partial charge in [0.1, 0.15) is 6.61 Å². The number of benzene rings is 1. The van der Waals surface area contributed by atoms with Gasteiger partial charge in [0, 0.05) is 17.3 Å². The van der Waals surface area contributed by atoms with Gasteiger partial charge in [-0.3, -0.25) is 0 Å². The van der Waals surface area contributed by atoms with Gasteiger partial charge < -0.3 is 9.84 Å². The van der Waals surface area contributed by atoms with E-state index in [1.165, 1.54) is 0 Å². The average Bonchev–Trinajstić information content (AvgIpc) is 2.44. The number of carboxylic acid groups (broad SMARTS) is 1. The maximum atomic E-state index is 11.3. The molecule has 0 amide bonds. The molecule has 2 rings (SSSR count). The Hall–Kier alpha value is -2.36. The van der Waals surface area contributed by atoms with E-state index in [9.17, 15) is 9.90 Å². The molecule has 20 heavy (non-hydrogen) atoms. The van der Waals surface area contributed by atoms with E-state index in [0.29, 0.717) is 11.4 Å². The second-order valence-electron chi connectivity index (χ2n) is 4.51. The van der Waals surface area contributed by atoms with Crippen LogP contribution in [0.15, 0.2) is 36.4 Å². The van der Waals surface area contributed by atoms with Gasteiger partial charge in [0.2, 0.25) is 5.88 Å². The number of nitrogens with zero attached hydrogens (tertiary/aromatic N) is 1. The van der Waals surface area contributed by atoms with Crippen molar-refractivity contribution in [1.82, 2.24) is 4.98 Å². The highest BCUT2D eigenvalue weighted by Crippen LogP contribution is 2.18. The summed E-state index contributed by atoms with van der Waals surface area (Å²) >= 11 is 0. The highest BCUT2D eigenvalue weighted by atomic mass is 16.5. The molecule has 0 atom stereocenters. The summed E-state index contributed by atoms with van der Waals surface area (Å²) in [6.45, 7) is 4.09. The maximum Gasteiger partial charge on any atom is 0.336 e. The number of aryl methyl sites for hydroxylation is 2. The highest BCUT2D eigenvalue weighted by Gasteiger charge is 2.13. The zero-order valence-corrected chi connectivity index (χ0v) is 11.6. The van der Waals surface area contributed by atoms with Gasteiger partial charge in [0.25, 0.3) is 0 Å². The first-order valence-corrected chi connectivity index (χ1v) is 6.52. The molecule has 0 aliphatic heterocycles. The van der Waals surface area contributed by atoms with Crippen molar-refractivity contribution in [2.24, 2.45) is 0 Å². The Morgan fingerprint density at radius 3 is 2.65 bits per heavy atom. The van der Waals surface area contributed by atoms with E-state index in [2.05, 4.69) is 4.98 Å². The van der Waals surface area contributed by atoms with Gasteiger partial charge in [-0.25, -0.2) is 9.78 Å². The van der Waals surface area contributed by atoms with Gasteiger partial charge in [-0.1, -0.05) is 25.1 Å². The summed E-state index contributed by atoms with van der Waals surface area (Å²) in [7, 11) is 0. The zero-order chi connectivity index (χ0) is 14.5. The van der Waals surface area contributed by atoms with Crippen molar-refractivity contribution < 1.29 is 14.6 Å². The molecule has 0 unspecified atom stereocenters. The Balaban J connectivity index is 2.26. The van der Waals surface area contributed by atoms with Gasteiger partial charge in [-0.2, -0.15) is 0 Å². The van der Waals surface area contributed by atoms with E-state index >= 15 is 0 Å². The Labute approximate surface area is 118 Å². The predicted octanol–water partition coefficient (Wildman–Crippen LogP) is 3.23. The molecule has 0 saturated heterocycles. The molecule has 104 valence electrons. The molecule has 4 heteroatoms. The van der Waals surface area contributed by atoms with Crippen LogP contribution in [0.25, 0.3) is 0 Å². The molecule has 1 aromatic heterocycles. The smallest absolute Gasteiger partial charge is 0.336 e. The van der Waals surface area contributed by atoms with Gasteiger partial charge in [0.15, 0.2) is 0 Å². The SMILES string of the molecule is CCc1cccc(C(=O)O)c1COc1cccc(C)n1. The number of carboxylic acids is 1. The fourth-order valence-corrected chi connectivity index (χ4v) is 2.08. The molecule has 0 saturated carbocycles. The largest absolute Gasteiger partial charge is 0.478 e. The Morgan fingerprint density at radius 1 is 1.25 bits per heavy atom. The molecule has 0 fully saturated rings. The number of carbonyl (C=O) groups is 1. The minimum atomic E-state index is -0.934. The molecule has 0 spiro atoms. The van der Waals surface area contributed by atoms with Gasteiger partial charge in [0.05, 0.1) is 5.56 Å². The van der Waals surface area contributed by atoms with E-state index < -0.39 is 5.97 Å². The van der Waals surface area contributed by atoms with Crippen molar-refractivity contribution in [3.63, 3.8) is 0 Å². The van der Waals surface area contributed by atoms with E-state index in [1.807, 2.05) is 32.0 Å². The number of aromatic carboxylic acids is 1. The molecule has 1 aromatic carbocycles. The average molecular weight is 271 g/mol. The molecule has 0 aliphatic carbocycles. The lowest BCUT2D eigenvalue weighted by atomic mass is 10.00. The van der Waals surface area contributed by atoms with E-state index in [0.717, 1.165) is 17.7 Å². The van der Waals surface area contributed by atoms with Crippen molar-refractivity contribution in [1.29, 1.82) is 0 Å². The fourth-order valence-electron chi connectivity index (χ4n) is 2.08. The molecule has 0 aliphatic rings. The van der Waals surface area contributed by atoms with E-state index in [4.69, 9.17) is 4.74 Å². The number of hydrogen-bond donors (Lipinski definition) is 1. The number of aromatic nitrogens is 1. The molecule has 2 aromatic rings. The summed E-state index contributed by atoms with van der Waals surface area (Å²) in [5.41, 5.74) is 2.85. The summed E-state index contributed by atoms with van der Waals surface area (Å²) in [5, 5.41) is 9.26. The second-order valence-corrected chi connectivity index (χ2v) is 4.51. The first-order chi connectivity index (χ1) is 9.61. The third kappa shape index (κ3) is 3.15. The van der Waals surface area contributed by atoms with Crippen LogP contribution in [0.3, 0.4) is 0 Å². The lowest BCUT2D eigenvalue weighted by Crippen LogP contribution is -2.09. The number of ether oxygens (including phenoxy) is 1. The maximum absolute atomic E-state index is 11.3. The third-order valence-corrected chi connectivity index (χ3v) is 3.11. The second kappa shape index (κ2) is 6.19. The normalized spacial score (nSPS) is 10.3. The van der Waals surface area contributed by atoms with Crippen LogP contribution in [-0.4, -0.2) is 16.1 Å². The molecular weight excluding hydrogens is 254 g/mol. The van der Waals surface area contributed by atoms with Crippen LogP contribution < -0.4 is 4.74 Å². The first-order valence-electron chi connectivity index (χ1n) is 6.52. The summed E-state index contributed by atoms with van der Waals surface area (Å²) in [6.07, 6.45) is 0.765. The van der Waals surface area contributed by atoms with Crippen LogP contribution in [0.2, 0.25) is 0 Å². The Kier molecular flexibility index (Phi) is 4.35. The molecule has 1 N–H and O–H groups in total. The van der Waals surface area contributed by atoms with E-state index in [1.54, 1.807) is 18.2 Å². The zero-order valence-electron chi connectivity index (χ0n) is 11.6. The van der Waals surface area contributed by atoms with Crippen molar-refractivity contribution in [3.05, 3.63) is 58.8 Å². The van der Waals surface area contributed by atoms with Gasteiger partial charge in [-0.15, -0.1) is 0 Å². The Bertz CT molecular complexity index is 623. The van der Waals surface area contributed by atoms with Crippen molar-refractivity contribution in [2.75, 3.05) is 0 Å². The van der Waals surface area contributed by atoms with Crippen molar-refractivity contribution >= 4 is 5.97 Å². The fraction of sp³-hybridized carbons (Fsp3) is 0.250. The minimum Gasteiger partial charge on any atom is -0.478 e. The van der Waals surface area contributed by atoms with Gasteiger partial charge >= 0.3 is 5.97 Å². The highest BCUT2D eigenvalue weighted by molar-refractivity contribution is 5.89. The van der Waals surface area contributed by atoms with Crippen LogP contribution in [0.4, 0.5) is 0 Å². The number of rotatable bonds is 5. The number of hydrogen-bond acceptors (Lipinski definition) is 3. The first kappa shape index (κ1) is 14.1. The van der Waals surface area contributed by atoms with Crippen LogP contribution in [-0.2, 0) is 13.0 Å². The van der Waals surface area contributed by atoms with Crippen molar-refractivity contribution in [2.45, 2.75) is 26.9 Å².